The van der Waals surface area contributed by atoms with Crippen LogP contribution >= 0.6 is 0 Å². The van der Waals surface area contributed by atoms with Gasteiger partial charge in [0.15, 0.2) is 0 Å². The number of aromatic nitrogens is 2. The molecule has 5 heteroatoms. The summed E-state index contributed by atoms with van der Waals surface area (Å²) in [5.41, 5.74) is 1.37. The van der Waals surface area contributed by atoms with Gasteiger partial charge in [-0.1, -0.05) is 24.1 Å². The third kappa shape index (κ3) is 3.77. The molecule has 1 aromatic carbocycles. The van der Waals surface area contributed by atoms with Crippen LogP contribution in [0.2, 0.25) is 0 Å². The highest BCUT2D eigenvalue weighted by molar-refractivity contribution is 7.85. The fourth-order valence-corrected chi connectivity index (χ4v) is 2.28. The van der Waals surface area contributed by atoms with E-state index in [1.165, 1.54) is 6.07 Å². The lowest BCUT2D eigenvalue weighted by Crippen LogP contribution is -2.05. The molecule has 1 heterocycles. The molecule has 0 saturated carbocycles. The van der Waals surface area contributed by atoms with Crippen LogP contribution in [0.25, 0.3) is 12.2 Å². The van der Waals surface area contributed by atoms with Crippen LogP contribution < -0.4 is 5.56 Å². The number of aromatic amines is 1. The molecule has 0 radical (unpaired) electrons. The van der Waals surface area contributed by atoms with Gasteiger partial charge in [-0.25, -0.2) is 5.10 Å². The van der Waals surface area contributed by atoms with E-state index in [0.29, 0.717) is 10.6 Å². The molecule has 0 fully saturated rings. The monoisotopic (exact) mass is 284 g/mol. The minimum absolute atomic E-state index is 0.219. The van der Waals surface area contributed by atoms with E-state index in [1.807, 2.05) is 18.2 Å². The molecule has 1 aromatic heterocycles. The van der Waals surface area contributed by atoms with E-state index in [-0.39, 0.29) is 11.3 Å². The van der Waals surface area contributed by atoms with Gasteiger partial charge in [-0.3, -0.25) is 9.00 Å². The molecule has 0 saturated heterocycles. The molecule has 0 aliphatic rings. The zero-order valence-corrected chi connectivity index (χ0v) is 11.4. The Morgan fingerprint density at radius 1 is 1.20 bits per heavy atom. The fraction of sp³-hybridized carbons (Fsp3) is 0.0667. The van der Waals surface area contributed by atoms with Crippen LogP contribution in [0.1, 0.15) is 11.3 Å². The zero-order chi connectivity index (χ0) is 14.4. The van der Waals surface area contributed by atoms with Crippen molar-refractivity contribution < 1.29 is 4.21 Å². The van der Waals surface area contributed by atoms with Crippen LogP contribution in [0.4, 0.5) is 0 Å². The molecule has 100 valence electrons. The molecule has 20 heavy (non-hydrogen) atoms. The SMILES string of the molecule is C#CCS(=O)c1ccc(C=Cc2ccc(=O)[nH]n2)cc1. The lowest BCUT2D eigenvalue weighted by molar-refractivity contribution is 0.685. The first kappa shape index (κ1) is 14.0. The van der Waals surface area contributed by atoms with Gasteiger partial charge in [0.2, 0.25) is 0 Å². The van der Waals surface area contributed by atoms with Crippen molar-refractivity contribution in [2.24, 2.45) is 0 Å². The standard InChI is InChI=1S/C15H12N2O2S/c1-2-11-20(19)14-8-4-12(5-9-14)3-6-13-7-10-15(18)17-16-13/h1,3-10H,11H2,(H,17,18). The maximum absolute atomic E-state index is 11.7. The Hall–Kier alpha value is -2.45. The van der Waals surface area contributed by atoms with Crippen LogP contribution in [0.15, 0.2) is 46.1 Å². The van der Waals surface area contributed by atoms with E-state index in [1.54, 1.807) is 24.3 Å². The van der Waals surface area contributed by atoms with Crippen molar-refractivity contribution in [2.45, 2.75) is 4.90 Å². The Balaban J connectivity index is 2.11. The Labute approximate surface area is 119 Å². The molecule has 0 spiro atoms. The molecule has 0 aliphatic heterocycles. The lowest BCUT2D eigenvalue weighted by atomic mass is 10.2. The summed E-state index contributed by atoms with van der Waals surface area (Å²) in [4.78, 5) is 11.6. The van der Waals surface area contributed by atoms with E-state index in [4.69, 9.17) is 6.42 Å². The van der Waals surface area contributed by atoms with Crippen molar-refractivity contribution in [2.75, 3.05) is 5.75 Å². The molecule has 0 amide bonds. The quantitative estimate of drug-likeness (QED) is 0.869. The number of nitrogens with zero attached hydrogens (tertiary/aromatic N) is 1. The minimum atomic E-state index is -1.15. The number of nitrogens with one attached hydrogen (secondary N) is 1. The Morgan fingerprint density at radius 2 is 1.95 bits per heavy atom. The highest BCUT2D eigenvalue weighted by atomic mass is 32.2. The molecule has 0 aliphatic carbocycles. The van der Waals surface area contributed by atoms with E-state index < -0.39 is 10.8 Å². The fourth-order valence-electron chi connectivity index (χ4n) is 1.52. The Kier molecular flexibility index (Phi) is 4.64. The van der Waals surface area contributed by atoms with Gasteiger partial charge in [-0.15, -0.1) is 6.42 Å². The highest BCUT2D eigenvalue weighted by Gasteiger charge is 2.00. The third-order valence-electron chi connectivity index (χ3n) is 2.50. The largest absolute Gasteiger partial charge is 0.268 e. The van der Waals surface area contributed by atoms with E-state index >= 15 is 0 Å². The van der Waals surface area contributed by atoms with E-state index in [0.717, 1.165) is 5.56 Å². The van der Waals surface area contributed by atoms with Gasteiger partial charge in [0.25, 0.3) is 5.56 Å². The first-order valence-corrected chi connectivity index (χ1v) is 7.16. The molecule has 4 nitrogen and oxygen atoms in total. The topological polar surface area (TPSA) is 62.8 Å². The second kappa shape index (κ2) is 6.64. The number of benzene rings is 1. The first-order valence-electron chi connectivity index (χ1n) is 5.85. The van der Waals surface area contributed by atoms with Crippen LogP contribution in [-0.4, -0.2) is 20.2 Å². The summed E-state index contributed by atoms with van der Waals surface area (Å²) in [6.45, 7) is 0. The maximum Gasteiger partial charge on any atom is 0.264 e. The normalized spacial score (nSPS) is 12.2. The molecular formula is C15H12N2O2S. The van der Waals surface area contributed by atoms with Gasteiger partial charge in [0.05, 0.1) is 22.2 Å². The second-order valence-corrected chi connectivity index (χ2v) is 5.39. The first-order chi connectivity index (χ1) is 9.69. The van der Waals surface area contributed by atoms with Crippen LogP contribution in [0.3, 0.4) is 0 Å². The number of H-pyrrole nitrogens is 1. The number of hydrogen-bond acceptors (Lipinski definition) is 3. The van der Waals surface area contributed by atoms with Crippen LogP contribution in [0.5, 0.6) is 0 Å². The smallest absolute Gasteiger partial charge is 0.264 e. The minimum Gasteiger partial charge on any atom is -0.268 e. The summed E-state index contributed by atoms with van der Waals surface area (Å²) in [5, 5.41) is 6.23. The van der Waals surface area contributed by atoms with Crippen LogP contribution in [0, 0.1) is 12.3 Å². The summed E-state index contributed by atoms with van der Waals surface area (Å²) in [6.07, 6.45) is 8.77. The molecule has 2 rings (SSSR count). The molecule has 1 unspecified atom stereocenters. The molecule has 1 N–H and O–H groups in total. The Morgan fingerprint density at radius 3 is 2.55 bits per heavy atom. The predicted octanol–water partition coefficient (Wildman–Crippen LogP) is 1.68. The predicted molar refractivity (Wildman–Crippen MR) is 80.3 cm³/mol. The number of hydrogen-bond donors (Lipinski definition) is 1. The van der Waals surface area contributed by atoms with Gasteiger partial charge in [-0.05, 0) is 29.8 Å². The van der Waals surface area contributed by atoms with Gasteiger partial charge < -0.3 is 0 Å². The summed E-state index contributed by atoms with van der Waals surface area (Å²) < 4.78 is 11.7. The summed E-state index contributed by atoms with van der Waals surface area (Å²) >= 11 is 0. The average molecular weight is 284 g/mol. The zero-order valence-electron chi connectivity index (χ0n) is 10.6. The van der Waals surface area contributed by atoms with Gasteiger partial charge in [0, 0.05) is 11.0 Å². The van der Waals surface area contributed by atoms with Crippen molar-refractivity contribution in [3.05, 3.63) is 58.0 Å². The van der Waals surface area contributed by atoms with Crippen molar-refractivity contribution in [1.82, 2.24) is 10.2 Å². The summed E-state index contributed by atoms with van der Waals surface area (Å²) in [5.74, 6) is 2.60. The van der Waals surface area contributed by atoms with Crippen LogP contribution in [-0.2, 0) is 10.8 Å². The highest BCUT2D eigenvalue weighted by Crippen LogP contribution is 2.11. The van der Waals surface area contributed by atoms with E-state index in [2.05, 4.69) is 16.1 Å². The van der Waals surface area contributed by atoms with E-state index in [9.17, 15) is 9.00 Å². The summed E-state index contributed by atoms with van der Waals surface area (Å²) in [7, 11) is -1.15. The number of rotatable bonds is 4. The van der Waals surface area contributed by atoms with Crippen molar-refractivity contribution in [3.63, 3.8) is 0 Å². The maximum atomic E-state index is 11.7. The molecule has 2 aromatic rings. The average Bonchev–Trinajstić information content (AvgIpc) is 2.47. The number of terminal acetylenes is 1. The van der Waals surface area contributed by atoms with Gasteiger partial charge in [-0.2, -0.15) is 5.10 Å². The van der Waals surface area contributed by atoms with Crippen molar-refractivity contribution >= 4 is 23.0 Å². The molecular weight excluding hydrogens is 272 g/mol. The van der Waals surface area contributed by atoms with Crippen molar-refractivity contribution in [1.29, 1.82) is 0 Å². The second-order valence-electron chi connectivity index (χ2n) is 3.94. The van der Waals surface area contributed by atoms with Gasteiger partial charge >= 0.3 is 0 Å². The molecule has 1 atom stereocenters. The summed E-state index contributed by atoms with van der Waals surface area (Å²) in [6, 6.07) is 10.3. The molecule has 0 bridgehead atoms. The Bertz CT molecular complexity index is 719. The van der Waals surface area contributed by atoms with Crippen molar-refractivity contribution in [3.8, 4) is 12.3 Å². The third-order valence-corrected chi connectivity index (χ3v) is 3.73. The van der Waals surface area contributed by atoms with Gasteiger partial charge in [0.1, 0.15) is 0 Å². The lowest BCUT2D eigenvalue weighted by Gasteiger charge is -1.99.